The van der Waals surface area contributed by atoms with Gasteiger partial charge in [-0.05, 0) is 63.1 Å². The monoisotopic (exact) mass is 587 g/mol. The molecule has 0 saturated carbocycles. The van der Waals surface area contributed by atoms with Crippen LogP contribution in [-0.2, 0) is 35.2 Å². The van der Waals surface area contributed by atoms with E-state index in [1.165, 1.54) is 0 Å². The van der Waals surface area contributed by atoms with Crippen molar-refractivity contribution in [2.24, 2.45) is 11.5 Å². The Kier molecular flexibility index (Phi) is 17.3. The van der Waals surface area contributed by atoms with Crippen molar-refractivity contribution >= 4 is 35.5 Å². The molecule has 3 atom stereocenters. The second kappa shape index (κ2) is 20.4. The minimum atomic E-state index is -1.21. The Morgan fingerprint density at radius 1 is 0.738 bits per heavy atom. The van der Waals surface area contributed by atoms with E-state index in [-0.39, 0.29) is 19.3 Å². The molecule has 1 aromatic carbocycles. The molecular formula is C28H41N7O7. The molecule has 10 N–H and O–H groups in total. The second-order valence-electron chi connectivity index (χ2n) is 9.44. The van der Waals surface area contributed by atoms with Crippen molar-refractivity contribution in [1.29, 1.82) is 0 Å². The number of amides is 5. The Morgan fingerprint density at radius 3 is 1.74 bits per heavy atom. The smallest absolute Gasteiger partial charge is 0.326 e. The van der Waals surface area contributed by atoms with Gasteiger partial charge in [-0.25, -0.2) is 4.79 Å². The molecule has 5 amide bonds. The molecule has 0 unspecified atom stereocenters. The molecule has 0 heterocycles. The van der Waals surface area contributed by atoms with Crippen LogP contribution in [0.2, 0.25) is 0 Å². The molecule has 0 aliphatic heterocycles. The molecule has 0 aliphatic rings. The molecule has 14 heteroatoms. The first kappa shape index (κ1) is 35.5. The number of carboxylic acids is 1. The molecule has 0 aliphatic carbocycles. The molecule has 230 valence electrons. The van der Waals surface area contributed by atoms with Gasteiger partial charge in [-0.1, -0.05) is 30.3 Å². The Labute approximate surface area is 245 Å². The summed E-state index contributed by atoms with van der Waals surface area (Å²) in [6.45, 7) is -0.218. The van der Waals surface area contributed by atoms with Crippen LogP contribution in [-0.4, -0.2) is 84.9 Å². The highest BCUT2D eigenvalue weighted by Gasteiger charge is 2.25. The molecule has 42 heavy (non-hydrogen) atoms. The topological polar surface area (TPSA) is 235 Å². The maximum atomic E-state index is 13.0. The lowest BCUT2D eigenvalue weighted by molar-refractivity contribution is -0.142. The summed E-state index contributed by atoms with van der Waals surface area (Å²) in [5.74, 6) is -2.84. The molecule has 14 nitrogen and oxygen atoms in total. The minimum absolute atomic E-state index is 0.0742. The summed E-state index contributed by atoms with van der Waals surface area (Å²) in [4.78, 5) is 73.7. The second-order valence-corrected chi connectivity index (χ2v) is 9.44. The molecular weight excluding hydrogens is 546 g/mol. The first-order chi connectivity index (χ1) is 20.1. The van der Waals surface area contributed by atoms with E-state index < -0.39 is 66.7 Å². The van der Waals surface area contributed by atoms with Gasteiger partial charge in [0.25, 0.3) is 5.91 Å². The van der Waals surface area contributed by atoms with Crippen molar-refractivity contribution in [3.8, 4) is 12.3 Å². The molecule has 1 aromatic rings. The van der Waals surface area contributed by atoms with Crippen LogP contribution in [0.25, 0.3) is 0 Å². The number of rotatable bonds is 20. The number of aliphatic carboxylic acids is 1. The van der Waals surface area contributed by atoms with E-state index in [9.17, 15) is 33.9 Å². The fourth-order valence-corrected chi connectivity index (χ4v) is 3.84. The van der Waals surface area contributed by atoms with Crippen molar-refractivity contribution in [3.63, 3.8) is 0 Å². The number of carboxylic acid groups (broad SMARTS) is 1. The van der Waals surface area contributed by atoms with Crippen molar-refractivity contribution in [2.45, 2.75) is 63.1 Å². The van der Waals surface area contributed by atoms with Crippen LogP contribution < -0.4 is 38.1 Å². The highest BCUT2D eigenvalue weighted by molar-refractivity contribution is 5.97. The normalized spacial score (nSPS) is 12.5. The number of hydrogen-bond acceptors (Lipinski definition) is 8. The molecule has 0 aromatic heterocycles. The lowest BCUT2D eigenvalue weighted by Gasteiger charge is -2.20. The van der Waals surface area contributed by atoms with E-state index in [1.807, 2.05) is 5.92 Å². The highest BCUT2D eigenvalue weighted by atomic mass is 16.4. The Bertz CT molecular complexity index is 1090. The number of nitrogens with one attached hydrogen (secondary N) is 5. The summed E-state index contributed by atoms with van der Waals surface area (Å²) in [5, 5.41) is 21.5. The van der Waals surface area contributed by atoms with Gasteiger partial charge < -0.3 is 43.2 Å². The lowest BCUT2D eigenvalue weighted by atomic mass is 10.1. The summed E-state index contributed by atoms with van der Waals surface area (Å²) >= 11 is 0. The zero-order valence-corrected chi connectivity index (χ0v) is 23.5. The van der Waals surface area contributed by atoms with E-state index in [1.54, 1.807) is 30.3 Å². The van der Waals surface area contributed by atoms with Crippen LogP contribution in [0.5, 0.6) is 0 Å². The average molecular weight is 588 g/mol. The van der Waals surface area contributed by atoms with E-state index in [4.69, 9.17) is 17.9 Å². The number of benzene rings is 1. The fourth-order valence-electron chi connectivity index (χ4n) is 3.84. The van der Waals surface area contributed by atoms with Crippen LogP contribution in [0.15, 0.2) is 30.3 Å². The van der Waals surface area contributed by atoms with Crippen LogP contribution in [0.4, 0.5) is 0 Å². The Hall–Kier alpha value is -4.48. The van der Waals surface area contributed by atoms with E-state index in [0.717, 1.165) is 0 Å². The number of unbranched alkanes of at least 4 members (excludes halogenated alkanes) is 2. The number of nitrogens with two attached hydrogens (primary N) is 2. The zero-order valence-electron chi connectivity index (χ0n) is 23.5. The summed E-state index contributed by atoms with van der Waals surface area (Å²) in [5.41, 5.74) is 11.6. The fraction of sp³-hybridized carbons (Fsp3) is 0.500. The molecule has 0 spiro atoms. The van der Waals surface area contributed by atoms with E-state index in [0.29, 0.717) is 44.3 Å². The first-order valence-corrected chi connectivity index (χ1v) is 13.7. The van der Waals surface area contributed by atoms with Crippen LogP contribution >= 0.6 is 0 Å². The third-order valence-corrected chi connectivity index (χ3v) is 6.06. The highest BCUT2D eigenvalue weighted by Crippen LogP contribution is 2.05. The lowest BCUT2D eigenvalue weighted by Crippen LogP contribution is -2.54. The summed E-state index contributed by atoms with van der Waals surface area (Å²) in [6.07, 6.45) is 7.87. The predicted octanol–water partition coefficient (Wildman–Crippen LogP) is -2.11. The predicted molar refractivity (Wildman–Crippen MR) is 154 cm³/mol. The molecule has 0 saturated heterocycles. The number of terminal acetylenes is 1. The van der Waals surface area contributed by atoms with Gasteiger partial charge in [0.15, 0.2) is 0 Å². The third kappa shape index (κ3) is 14.8. The van der Waals surface area contributed by atoms with Gasteiger partial charge in [-0.15, -0.1) is 6.42 Å². The molecule has 0 fully saturated rings. The number of carbonyl (C=O) groups excluding carboxylic acids is 5. The summed E-state index contributed by atoms with van der Waals surface area (Å²) in [6, 6.07) is 5.57. The van der Waals surface area contributed by atoms with Gasteiger partial charge in [0.2, 0.25) is 23.6 Å². The molecule has 1 rings (SSSR count). The average Bonchev–Trinajstić information content (AvgIpc) is 2.97. The minimum Gasteiger partial charge on any atom is -0.480 e. The van der Waals surface area contributed by atoms with Gasteiger partial charge in [0.1, 0.15) is 18.1 Å². The number of hydrogen-bond donors (Lipinski definition) is 8. The van der Waals surface area contributed by atoms with Crippen molar-refractivity contribution < 1.29 is 33.9 Å². The summed E-state index contributed by atoms with van der Waals surface area (Å²) in [7, 11) is 0. The van der Waals surface area contributed by atoms with Crippen LogP contribution in [0.3, 0.4) is 0 Å². The summed E-state index contributed by atoms with van der Waals surface area (Å²) < 4.78 is 0. The zero-order chi connectivity index (χ0) is 31.3. The quantitative estimate of drug-likeness (QED) is 0.0615. The first-order valence-electron chi connectivity index (χ1n) is 13.7. The van der Waals surface area contributed by atoms with Gasteiger partial charge in [-0.2, -0.15) is 0 Å². The maximum absolute atomic E-state index is 13.0. The largest absolute Gasteiger partial charge is 0.480 e. The van der Waals surface area contributed by atoms with Crippen molar-refractivity contribution in [2.75, 3.05) is 26.2 Å². The maximum Gasteiger partial charge on any atom is 0.326 e. The van der Waals surface area contributed by atoms with E-state index in [2.05, 4.69) is 26.6 Å². The van der Waals surface area contributed by atoms with Crippen molar-refractivity contribution in [1.82, 2.24) is 26.6 Å². The third-order valence-electron chi connectivity index (χ3n) is 6.06. The molecule has 0 bridgehead atoms. The van der Waals surface area contributed by atoms with Gasteiger partial charge >= 0.3 is 5.97 Å². The van der Waals surface area contributed by atoms with Crippen LogP contribution in [0, 0.1) is 12.3 Å². The SMILES string of the molecule is C#CC(=O)N[C@@H](CCCCN)C(=O)NCC(=O)N[C@@H](Cc1ccccc1)C(=O)NCC(=O)N[C@@H](CCCCN)C(=O)O. The standard InChI is InChI=1S/C28H41N7O7/c1-2-23(36)33-20(12-6-8-14-29)26(39)31-18-25(38)35-22(16-19-10-4-3-5-11-19)27(40)32-17-24(37)34-21(28(41)42)13-7-9-15-30/h1,3-5,10-11,20-22H,6-9,12-18,29-30H2,(H,31,39)(H,32,40)(H,33,36)(H,34,37)(H,35,38)(H,41,42)/t20-,21-,22-/m0/s1. The Balaban J connectivity index is 2.80. The van der Waals surface area contributed by atoms with Crippen molar-refractivity contribution in [3.05, 3.63) is 35.9 Å². The van der Waals surface area contributed by atoms with Crippen LogP contribution in [0.1, 0.15) is 44.1 Å². The van der Waals surface area contributed by atoms with E-state index >= 15 is 0 Å². The number of carbonyl (C=O) groups is 6. The molecule has 0 radical (unpaired) electrons. The van der Waals surface area contributed by atoms with Gasteiger partial charge in [0, 0.05) is 6.42 Å². The van der Waals surface area contributed by atoms with Gasteiger partial charge in [-0.3, -0.25) is 24.0 Å². The Morgan fingerprint density at radius 2 is 1.24 bits per heavy atom. The van der Waals surface area contributed by atoms with Gasteiger partial charge in [0.05, 0.1) is 13.1 Å².